The van der Waals surface area contributed by atoms with Crippen molar-refractivity contribution in [2.24, 2.45) is 5.41 Å². The van der Waals surface area contributed by atoms with Crippen molar-refractivity contribution < 1.29 is 18.3 Å². The van der Waals surface area contributed by atoms with Crippen LogP contribution in [0.1, 0.15) is 20.8 Å². The number of nitrogens with zero attached hydrogens (tertiary/aromatic N) is 1. The average molecular weight is 419 g/mol. The molecule has 0 aliphatic carbocycles. The zero-order valence-corrected chi connectivity index (χ0v) is 15.9. The molecule has 0 atom stereocenters. The van der Waals surface area contributed by atoms with E-state index in [0.29, 0.717) is 10.8 Å². The summed E-state index contributed by atoms with van der Waals surface area (Å²) in [7, 11) is 0. The highest BCUT2D eigenvalue weighted by Crippen LogP contribution is 2.31. The molecule has 0 spiro atoms. The molecule has 1 aromatic carbocycles. The highest BCUT2D eigenvalue weighted by molar-refractivity contribution is 9.09. The number of ether oxygens (including phenoxy) is 1. The Morgan fingerprint density at radius 2 is 1.96 bits per heavy atom. The van der Waals surface area contributed by atoms with E-state index >= 15 is 0 Å². The predicted molar refractivity (Wildman–Crippen MR) is 94.8 cm³/mol. The summed E-state index contributed by atoms with van der Waals surface area (Å²) in [6.07, 6.45) is 0. The molecule has 130 valence electrons. The summed E-state index contributed by atoms with van der Waals surface area (Å²) in [5, 5.41) is 4.70. The quantitative estimate of drug-likeness (QED) is 0.706. The van der Waals surface area contributed by atoms with Gasteiger partial charge in [0.2, 0.25) is 5.91 Å². The van der Waals surface area contributed by atoms with Gasteiger partial charge in [-0.2, -0.15) is 0 Å². The molecule has 0 radical (unpaired) electrons. The van der Waals surface area contributed by atoms with Crippen molar-refractivity contribution >= 4 is 38.3 Å². The lowest BCUT2D eigenvalue weighted by molar-refractivity contribution is -0.113. The average Bonchev–Trinajstić information content (AvgIpc) is 2.93. The van der Waals surface area contributed by atoms with Gasteiger partial charge in [0, 0.05) is 10.9 Å². The Morgan fingerprint density at radius 1 is 1.33 bits per heavy atom. The molecule has 0 unspecified atom stereocenters. The highest BCUT2D eigenvalue weighted by Gasteiger charge is 2.18. The molecule has 1 N–H and O–H groups in total. The van der Waals surface area contributed by atoms with Crippen LogP contribution in [0.15, 0.2) is 17.5 Å². The van der Waals surface area contributed by atoms with Crippen LogP contribution in [0.4, 0.5) is 13.9 Å². The largest absolute Gasteiger partial charge is 0.487 e. The van der Waals surface area contributed by atoms with Crippen LogP contribution in [-0.4, -0.2) is 22.8 Å². The maximum atomic E-state index is 14.2. The summed E-state index contributed by atoms with van der Waals surface area (Å²) in [6.45, 7) is 5.93. The molecule has 0 aliphatic heterocycles. The van der Waals surface area contributed by atoms with Gasteiger partial charge in [0.15, 0.2) is 22.5 Å². The van der Waals surface area contributed by atoms with Gasteiger partial charge >= 0.3 is 0 Å². The third-order valence-electron chi connectivity index (χ3n) is 2.82. The number of thiazole rings is 1. The molecule has 1 aromatic heterocycles. The standard InChI is InChI=1S/C16H17BrF2N2O2S/c1-16(2,3)8-23-14-10(18)4-9(5-11(14)19)12-7-24-15(20-12)21-13(22)6-17/h4-5,7H,6,8H2,1-3H3,(H,20,21,22). The second kappa shape index (κ2) is 7.57. The van der Waals surface area contributed by atoms with E-state index in [1.54, 1.807) is 5.38 Å². The number of hydrogen-bond donors (Lipinski definition) is 1. The van der Waals surface area contributed by atoms with Gasteiger partial charge in [-0.1, -0.05) is 36.7 Å². The minimum atomic E-state index is -0.784. The van der Waals surface area contributed by atoms with Gasteiger partial charge in [0.05, 0.1) is 17.6 Å². The number of alkyl halides is 1. The van der Waals surface area contributed by atoms with Crippen molar-refractivity contribution in [1.82, 2.24) is 4.98 Å². The lowest BCUT2D eigenvalue weighted by atomic mass is 9.99. The summed E-state index contributed by atoms with van der Waals surface area (Å²) >= 11 is 4.21. The van der Waals surface area contributed by atoms with Gasteiger partial charge in [0.1, 0.15) is 0 Å². The molecule has 0 saturated carbocycles. The molecule has 0 bridgehead atoms. The summed E-state index contributed by atoms with van der Waals surface area (Å²) in [5.74, 6) is -2.21. The fraction of sp³-hybridized carbons (Fsp3) is 0.375. The van der Waals surface area contributed by atoms with Gasteiger partial charge in [-0.05, 0) is 17.5 Å². The van der Waals surface area contributed by atoms with E-state index in [4.69, 9.17) is 4.74 Å². The van der Waals surface area contributed by atoms with E-state index in [1.165, 1.54) is 23.5 Å². The monoisotopic (exact) mass is 418 g/mol. The summed E-state index contributed by atoms with van der Waals surface area (Å²) < 4.78 is 33.6. The first kappa shape index (κ1) is 18.8. The van der Waals surface area contributed by atoms with Crippen LogP contribution >= 0.6 is 27.3 Å². The lowest BCUT2D eigenvalue weighted by Gasteiger charge is -2.19. The van der Waals surface area contributed by atoms with Gasteiger partial charge in [-0.25, -0.2) is 13.8 Å². The second-order valence-electron chi connectivity index (χ2n) is 6.34. The summed E-state index contributed by atoms with van der Waals surface area (Å²) in [6, 6.07) is 2.35. The highest BCUT2D eigenvalue weighted by atomic mass is 79.9. The van der Waals surface area contributed by atoms with E-state index in [-0.39, 0.29) is 28.8 Å². The van der Waals surface area contributed by atoms with Gasteiger partial charge in [-0.15, -0.1) is 11.3 Å². The zero-order valence-electron chi connectivity index (χ0n) is 13.5. The molecular weight excluding hydrogens is 402 g/mol. The number of hydrogen-bond acceptors (Lipinski definition) is 4. The zero-order chi connectivity index (χ0) is 17.9. The van der Waals surface area contributed by atoms with Crippen LogP contribution in [0.25, 0.3) is 11.3 Å². The minimum absolute atomic E-state index is 0.144. The normalized spacial score (nSPS) is 11.4. The number of anilines is 1. The topological polar surface area (TPSA) is 51.2 Å². The third-order valence-corrected chi connectivity index (χ3v) is 4.08. The Kier molecular flexibility index (Phi) is 5.92. The van der Waals surface area contributed by atoms with Gasteiger partial charge in [0.25, 0.3) is 0 Å². The number of amides is 1. The molecular formula is C16H17BrF2N2O2S. The van der Waals surface area contributed by atoms with E-state index < -0.39 is 17.4 Å². The Morgan fingerprint density at radius 3 is 2.50 bits per heavy atom. The van der Waals surface area contributed by atoms with Crippen LogP contribution in [0.5, 0.6) is 5.75 Å². The maximum absolute atomic E-state index is 14.2. The first-order chi connectivity index (χ1) is 11.2. The van der Waals surface area contributed by atoms with Crippen molar-refractivity contribution in [3.05, 3.63) is 29.1 Å². The number of benzene rings is 1. The van der Waals surface area contributed by atoms with Crippen LogP contribution in [0.3, 0.4) is 0 Å². The Labute approximate surface area is 151 Å². The molecule has 0 saturated heterocycles. The van der Waals surface area contributed by atoms with Crippen molar-refractivity contribution in [2.45, 2.75) is 20.8 Å². The number of rotatable bonds is 5. The van der Waals surface area contributed by atoms with Gasteiger partial charge in [-0.3, -0.25) is 4.79 Å². The van der Waals surface area contributed by atoms with Crippen LogP contribution < -0.4 is 10.1 Å². The van der Waals surface area contributed by atoms with E-state index in [1.807, 2.05) is 20.8 Å². The first-order valence-corrected chi connectivity index (χ1v) is 9.13. The van der Waals surface area contributed by atoms with Crippen molar-refractivity contribution in [2.75, 3.05) is 17.3 Å². The van der Waals surface area contributed by atoms with E-state index in [9.17, 15) is 13.6 Å². The number of carbonyl (C=O) groups excluding carboxylic acids is 1. The van der Waals surface area contributed by atoms with Crippen molar-refractivity contribution in [3.63, 3.8) is 0 Å². The first-order valence-electron chi connectivity index (χ1n) is 7.13. The van der Waals surface area contributed by atoms with Gasteiger partial charge < -0.3 is 10.1 Å². The molecule has 8 heteroatoms. The van der Waals surface area contributed by atoms with Crippen molar-refractivity contribution in [1.29, 1.82) is 0 Å². The fourth-order valence-electron chi connectivity index (χ4n) is 1.75. The number of halogens is 3. The minimum Gasteiger partial charge on any atom is -0.487 e. The van der Waals surface area contributed by atoms with Crippen LogP contribution in [0.2, 0.25) is 0 Å². The second-order valence-corrected chi connectivity index (χ2v) is 7.76. The van der Waals surface area contributed by atoms with E-state index in [2.05, 4.69) is 26.2 Å². The molecule has 1 heterocycles. The molecule has 1 amide bonds. The fourth-order valence-corrected chi connectivity index (χ4v) is 2.63. The summed E-state index contributed by atoms with van der Waals surface area (Å²) in [5.41, 5.74) is 0.448. The predicted octanol–water partition coefficient (Wildman–Crippen LogP) is 4.85. The SMILES string of the molecule is CC(C)(C)COc1c(F)cc(-c2csc(NC(=O)CBr)n2)cc1F. The van der Waals surface area contributed by atoms with Crippen LogP contribution in [-0.2, 0) is 4.79 Å². The maximum Gasteiger partial charge on any atom is 0.236 e. The molecule has 0 aliphatic rings. The molecule has 0 fully saturated rings. The molecule has 2 aromatic rings. The number of carbonyl (C=O) groups is 1. The lowest BCUT2D eigenvalue weighted by Crippen LogP contribution is -2.18. The summed E-state index contributed by atoms with van der Waals surface area (Å²) in [4.78, 5) is 15.5. The third kappa shape index (κ3) is 4.98. The molecule has 4 nitrogen and oxygen atoms in total. The number of aromatic nitrogens is 1. The smallest absolute Gasteiger partial charge is 0.236 e. The Balaban J connectivity index is 2.22. The molecule has 2 rings (SSSR count). The molecule has 24 heavy (non-hydrogen) atoms. The van der Waals surface area contributed by atoms with E-state index in [0.717, 1.165) is 0 Å². The van der Waals surface area contributed by atoms with Crippen molar-refractivity contribution in [3.8, 4) is 17.0 Å². The van der Waals surface area contributed by atoms with Crippen LogP contribution in [0, 0.1) is 17.0 Å². The Bertz CT molecular complexity index is 721. The number of nitrogens with one attached hydrogen (secondary N) is 1. The Hall–Kier alpha value is -1.54.